The largest absolute Gasteiger partial charge is 0.366 e. The van der Waals surface area contributed by atoms with Crippen LogP contribution in [0, 0.1) is 0 Å². The summed E-state index contributed by atoms with van der Waals surface area (Å²) in [6.45, 7) is 0.537. The monoisotopic (exact) mass is 310 g/mol. The molecule has 3 N–H and O–H groups in total. The molecule has 0 saturated carbocycles. The molecule has 1 aromatic heterocycles. The van der Waals surface area contributed by atoms with Gasteiger partial charge in [0.05, 0.1) is 4.90 Å². The summed E-state index contributed by atoms with van der Waals surface area (Å²) >= 11 is 1.54. The third-order valence-electron chi connectivity index (χ3n) is 2.58. The lowest BCUT2D eigenvalue weighted by molar-refractivity contribution is 0.598. The molecule has 0 amide bonds. The molecule has 0 radical (unpaired) electrons. The van der Waals surface area contributed by atoms with E-state index in [0.29, 0.717) is 6.54 Å². The van der Waals surface area contributed by atoms with Gasteiger partial charge in [0.15, 0.2) is 0 Å². The van der Waals surface area contributed by atoms with Gasteiger partial charge < -0.3 is 5.32 Å². The van der Waals surface area contributed by atoms with Gasteiger partial charge in [0.25, 0.3) is 0 Å². The number of sulfonamides is 1. The number of hydrogen-bond acceptors (Lipinski definition) is 6. The number of nitrogens with zero attached hydrogens (tertiary/aromatic N) is 2. The molecule has 8 heteroatoms. The maximum Gasteiger partial charge on any atom is 0.238 e. The van der Waals surface area contributed by atoms with Gasteiger partial charge in [0.2, 0.25) is 10.0 Å². The van der Waals surface area contributed by atoms with E-state index in [1.54, 1.807) is 12.1 Å². The Labute approximate surface area is 121 Å². The Morgan fingerprint density at radius 2 is 1.95 bits per heavy atom. The van der Waals surface area contributed by atoms with Crippen LogP contribution in [-0.4, -0.2) is 24.6 Å². The first kappa shape index (κ1) is 14.8. The number of hydrogen-bond donors (Lipinski definition) is 2. The highest BCUT2D eigenvalue weighted by Gasteiger charge is 2.06. The van der Waals surface area contributed by atoms with E-state index in [4.69, 9.17) is 5.14 Å². The lowest BCUT2D eigenvalue weighted by Crippen LogP contribution is -2.12. The van der Waals surface area contributed by atoms with Crippen LogP contribution in [0.25, 0.3) is 0 Å². The van der Waals surface area contributed by atoms with Crippen LogP contribution in [0.1, 0.15) is 5.56 Å². The predicted octanol–water partition coefficient (Wildman–Crippen LogP) is 1.46. The minimum Gasteiger partial charge on any atom is -0.366 e. The van der Waals surface area contributed by atoms with Crippen molar-refractivity contribution in [1.82, 2.24) is 9.97 Å². The second-order valence-corrected chi connectivity index (χ2v) is 6.38. The van der Waals surface area contributed by atoms with Crippen molar-refractivity contribution in [2.75, 3.05) is 11.6 Å². The topological polar surface area (TPSA) is 98.0 Å². The molecule has 0 unspecified atom stereocenters. The normalized spacial score (nSPS) is 11.3. The minimum absolute atomic E-state index is 0.105. The van der Waals surface area contributed by atoms with E-state index >= 15 is 0 Å². The van der Waals surface area contributed by atoms with E-state index in [1.807, 2.05) is 12.3 Å². The first-order valence-corrected chi connectivity index (χ1v) is 8.48. The fourth-order valence-corrected chi connectivity index (χ4v) is 2.43. The maximum atomic E-state index is 11.1. The summed E-state index contributed by atoms with van der Waals surface area (Å²) in [6.07, 6.45) is 3.44. The van der Waals surface area contributed by atoms with Crippen LogP contribution in [0.5, 0.6) is 0 Å². The van der Waals surface area contributed by atoms with E-state index in [1.165, 1.54) is 30.2 Å². The molecule has 106 valence electrons. The highest BCUT2D eigenvalue weighted by atomic mass is 32.2. The summed E-state index contributed by atoms with van der Waals surface area (Å²) in [6, 6.07) is 8.25. The van der Waals surface area contributed by atoms with Crippen LogP contribution in [0.2, 0.25) is 0 Å². The summed E-state index contributed by atoms with van der Waals surface area (Å²) < 4.78 is 22.3. The number of rotatable bonds is 5. The predicted molar refractivity (Wildman–Crippen MR) is 79.0 cm³/mol. The van der Waals surface area contributed by atoms with Crippen LogP contribution in [0.3, 0.4) is 0 Å². The molecule has 6 nitrogen and oxygen atoms in total. The van der Waals surface area contributed by atoms with Crippen LogP contribution >= 0.6 is 11.8 Å². The third-order valence-corrected chi connectivity index (χ3v) is 4.15. The molecule has 0 saturated heterocycles. The number of nitrogens with two attached hydrogens (primary N) is 1. The molecule has 0 spiro atoms. The number of thioether (sulfide) groups is 1. The molecule has 0 aliphatic heterocycles. The molecule has 2 rings (SSSR count). The minimum atomic E-state index is -3.64. The number of benzene rings is 1. The standard InChI is InChI=1S/C12H14N4O2S2/c1-19-12-6-11(15-8-16-12)14-7-9-2-4-10(5-3-9)20(13,17)18/h2-6,8H,7H2,1H3,(H2,13,17,18)(H,14,15,16). The van der Waals surface area contributed by atoms with Gasteiger partial charge in [-0.2, -0.15) is 0 Å². The quantitative estimate of drug-likeness (QED) is 0.641. The Morgan fingerprint density at radius 3 is 2.55 bits per heavy atom. The summed E-state index contributed by atoms with van der Waals surface area (Å²) in [5.74, 6) is 0.722. The SMILES string of the molecule is CSc1cc(NCc2ccc(S(N)(=O)=O)cc2)ncn1. The van der Waals surface area contributed by atoms with E-state index in [9.17, 15) is 8.42 Å². The fraction of sp³-hybridized carbons (Fsp3) is 0.167. The molecule has 0 bridgehead atoms. The highest BCUT2D eigenvalue weighted by molar-refractivity contribution is 7.98. The van der Waals surface area contributed by atoms with Gasteiger partial charge in [-0.3, -0.25) is 0 Å². The van der Waals surface area contributed by atoms with Crippen molar-refractivity contribution >= 4 is 27.6 Å². The summed E-state index contributed by atoms with van der Waals surface area (Å²) in [4.78, 5) is 8.30. The molecule has 1 heterocycles. The maximum absolute atomic E-state index is 11.1. The third kappa shape index (κ3) is 3.92. The molecular formula is C12H14N4O2S2. The Balaban J connectivity index is 2.04. The number of nitrogens with one attached hydrogen (secondary N) is 1. The number of aromatic nitrogens is 2. The molecule has 0 aliphatic rings. The fourth-order valence-electron chi connectivity index (χ4n) is 1.54. The van der Waals surface area contributed by atoms with E-state index < -0.39 is 10.0 Å². The van der Waals surface area contributed by atoms with Gasteiger partial charge in [0.1, 0.15) is 17.2 Å². The van der Waals surface area contributed by atoms with Gasteiger partial charge in [-0.25, -0.2) is 23.5 Å². The zero-order chi connectivity index (χ0) is 14.6. The van der Waals surface area contributed by atoms with Crippen molar-refractivity contribution in [2.45, 2.75) is 16.5 Å². The second kappa shape index (κ2) is 6.21. The van der Waals surface area contributed by atoms with Crippen molar-refractivity contribution < 1.29 is 8.42 Å². The van der Waals surface area contributed by atoms with Gasteiger partial charge in [-0.15, -0.1) is 11.8 Å². The zero-order valence-corrected chi connectivity index (χ0v) is 12.4. The highest BCUT2D eigenvalue weighted by Crippen LogP contribution is 2.15. The molecule has 0 aliphatic carbocycles. The Bertz CT molecular complexity index is 687. The van der Waals surface area contributed by atoms with Crippen LogP contribution in [0.15, 0.2) is 46.6 Å². The molecule has 20 heavy (non-hydrogen) atoms. The smallest absolute Gasteiger partial charge is 0.238 e. The molecule has 0 fully saturated rings. The second-order valence-electron chi connectivity index (χ2n) is 3.99. The van der Waals surface area contributed by atoms with E-state index in [2.05, 4.69) is 15.3 Å². The summed E-state index contributed by atoms with van der Waals surface area (Å²) in [5, 5.41) is 9.07. The zero-order valence-electron chi connectivity index (χ0n) is 10.8. The van der Waals surface area contributed by atoms with E-state index in [0.717, 1.165) is 16.4 Å². The lowest BCUT2D eigenvalue weighted by Gasteiger charge is -2.07. The number of primary sulfonamides is 1. The van der Waals surface area contributed by atoms with Crippen molar-refractivity contribution in [3.8, 4) is 0 Å². The number of anilines is 1. The molecular weight excluding hydrogens is 296 g/mol. The summed E-state index contributed by atoms with van der Waals surface area (Å²) in [5.41, 5.74) is 0.932. The van der Waals surface area contributed by atoms with Crippen LogP contribution < -0.4 is 10.5 Å². The lowest BCUT2D eigenvalue weighted by atomic mass is 10.2. The first-order chi connectivity index (χ1) is 9.49. The first-order valence-electron chi connectivity index (χ1n) is 5.70. The van der Waals surface area contributed by atoms with Gasteiger partial charge >= 0.3 is 0 Å². The average molecular weight is 310 g/mol. The Kier molecular flexibility index (Phi) is 4.58. The Morgan fingerprint density at radius 1 is 1.25 bits per heavy atom. The van der Waals surface area contributed by atoms with Crippen molar-refractivity contribution in [3.05, 3.63) is 42.2 Å². The van der Waals surface area contributed by atoms with Crippen molar-refractivity contribution in [2.24, 2.45) is 5.14 Å². The van der Waals surface area contributed by atoms with Gasteiger partial charge in [0, 0.05) is 12.6 Å². The van der Waals surface area contributed by atoms with Crippen LogP contribution in [0.4, 0.5) is 5.82 Å². The molecule has 0 atom stereocenters. The van der Waals surface area contributed by atoms with E-state index in [-0.39, 0.29) is 4.90 Å². The van der Waals surface area contributed by atoms with Gasteiger partial charge in [-0.05, 0) is 24.0 Å². The molecule has 2 aromatic rings. The van der Waals surface area contributed by atoms with Crippen molar-refractivity contribution in [1.29, 1.82) is 0 Å². The molecule has 1 aromatic carbocycles. The van der Waals surface area contributed by atoms with Crippen LogP contribution in [-0.2, 0) is 16.6 Å². The Hall–Kier alpha value is -1.64. The van der Waals surface area contributed by atoms with Crippen molar-refractivity contribution in [3.63, 3.8) is 0 Å². The average Bonchev–Trinajstić information content (AvgIpc) is 2.45. The van der Waals surface area contributed by atoms with Gasteiger partial charge in [-0.1, -0.05) is 12.1 Å². The summed E-state index contributed by atoms with van der Waals surface area (Å²) in [7, 11) is -3.64.